The quantitative estimate of drug-likeness (QED) is 0.599. The first-order chi connectivity index (χ1) is 15.4. The van der Waals surface area contributed by atoms with Crippen molar-refractivity contribution in [1.82, 2.24) is 15.1 Å². The van der Waals surface area contributed by atoms with Crippen LogP contribution in [0.25, 0.3) is 0 Å². The van der Waals surface area contributed by atoms with E-state index in [1.807, 2.05) is 37.1 Å². The van der Waals surface area contributed by atoms with Gasteiger partial charge in [0.15, 0.2) is 0 Å². The smallest absolute Gasteiger partial charge is 0.317 e. The van der Waals surface area contributed by atoms with Crippen molar-refractivity contribution in [3.8, 4) is 5.75 Å². The maximum atomic E-state index is 13.4. The minimum Gasteiger partial charge on any atom is -0.491 e. The SMILES string of the molecule is CCCNC(=O)N(CC(=O)N1CCc2sccc2[C@H]1COc1ccc(F)cc1)CC(C)C. The zero-order valence-corrected chi connectivity index (χ0v) is 19.8. The third-order valence-electron chi connectivity index (χ3n) is 5.36. The topological polar surface area (TPSA) is 61.9 Å². The Balaban J connectivity index is 1.74. The fourth-order valence-electron chi connectivity index (χ4n) is 3.84. The van der Waals surface area contributed by atoms with E-state index in [1.165, 1.54) is 17.0 Å². The van der Waals surface area contributed by atoms with E-state index >= 15 is 0 Å². The van der Waals surface area contributed by atoms with Gasteiger partial charge in [-0.05, 0) is 60.0 Å². The highest BCUT2D eigenvalue weighted by atomic mass is 32.1. The standard InChI is InChI=1S/C24H32FN3O3S/c1-4-11-26-24(30)27(14-17(2)3)15-23(29)28-12-9-22-20(10-13-32-22)21(28)16-31-19-7-5-18(25)6-8-19/h5-8,10,13,17,21H,4,9,11-12,14-16H2,1-3H3,(H,26,30)/t21-/m1/s1. The monoisotopic (exact) mass is 461 g/mol. The number of benzene rings is 1. The second kappa shape index (κ2) is 11.3. The molecule has 3 rings (SSSR count). The molecule has 0 unspecified atom stereocenters. The number of nitrogens with zero attached hydrogens (tertiary/aromatic N) is 2. The molecule has 0 saturated heterocycles. The number of hydrogen-bond donors (Lipinski definition) is 1. The maximum Gasteiger partial charge on any atom is 0.317 e. The van der Waals surface area contributed by atoms with Gasteiger partial charge in [-0.3, -0.25) is 4.79 Å². The molecule has 2 aromatic rings. The predicted molar refractivity (Wildman–Crippen MR) is 124 cm³/mol. The lowest BCUT2D eigenvalue weighted by molar-refractivity contribution is -0.135. The largest absolute Gasteiger partial charge is 0.491 e. The average Bonchev–Trinajstić information content (AvgIpc) is 3.25. The van der Waals surface area contributed by atoms with Crippen molar-refractivity contribution in [3.63, 3.8) is 0 Å². The number of rotatable bonds is 9. The molecule has 1 aliphatic rings. The molecule has 0 bridgehead atoms. The third kappa shape index (κ3) is 6.22. The van der Waals surface area contributed by atoms with Gasteiger partial charge in [0.05, 0.1) is 6.04 Å². The number of ether oxygens (including phenoxy) is 1. The van der Waals surface area contributed by atoms with Crippen LogP contribution in [-0.2, 0) is 11.2 Å². The molecule has 2 heterocycles. The summed E-state index contributed by atoms with van der Waals surface area (Å²) in [6.45, 7) is 8.03. The number of nitrogens with one attached hydrogen (secondary N) is 1. The number of fused-ring (bicyclic) bond motifs is 1. The van der Waals surface area contributed by atoms with Crippen LogP contribution in [0.3, 0.4) is 0 Å². The number of thiophene rings is 1. The second-order valence-electron chi connectivity index (χ2n) is 8.42. The molecule has 0 saturated carbocycles. The summed E-state index contributed by atoms with van der Waals surface area (Å²) in [5.74, 6) is 0.388. The maximum absolute atomic E-state index is 13.4. The van der Waals surface area contributed by atoms with E-state index in [-0.39, 0.29) is 42.9 Å². The highest BCUT2D eigenvalue weighted by Gasteiger charge is 2.33. The first-order valence-corrected chi connectivity index (χ1v) is 12.0. The van der Waals surface area contributed by atoms with Crippen LogP contribution >= 0.6 is 11.3 Å². The molecule has 0 aliphatic carbocycles. The van der Waals surface area contributed by atoms with Gasteiger partial charge in [-0.25, -0.2) is 9.18 Å². The summed E-state index contributed by atoms with van der Waals surface area (Å²) in [5, 5.41) is 4.92. The molecule has 1 N–H and O–H groups in total. The van der Waals surface area contributed by atoms with Gasteiger partial charge in [-0.1, -0.05) is 20.8 Å². The van der Waals surface area contributed by atoms with Crippen molar-refractivity contribution in [2.24, 2.45) is 5.92 Å². The van der Waals surface area contributed by atoms with Crippen molar-refractivity contribution in [2.75, 3.05) is 32.8 Å². The summed E-state index contributed by atoms with van der Waals surface area (Å²) >= 11 is 1.69. The van der Waals surface area contributed by atoms with Crippen molar-refractivity contribution in [1.29, 1.82) is 0 Å². The molecule has 0 spiro atoms. The summed E-state index contributed by atoms with van der Waals surface area (Å²) in [5.41, 5.74) is 1.09. The third-order valence-corrected chi connectivity index (χ3v) is 6.36. The number of hydrogen-bond acceptors (Lipinski definition) is 4. The Hall–Kier alpha value is -2.61. The molecule has 1 atom stereocenters. The second-order valence-corrected chi connectivity index (χ2v) is 9.42. The van der Waals surface area contributed by atoms with Gasteiger partial charge < -0.3 is 19.9 Å². The molecule has 1 aromatic carbocycles. The molecule has 174 valence electrons. The lowest BCUT2D eigenvalue weighted by Crippen LogP contribution is -2.50. The van der Waals surface area contributed by atoms with Crippen LogP contribution in [0.15, 0.2) is 35.7 Å². The van der Waals surface area contributed by atoms with Crippen LogP contribution in [0.5, 0.6) is 5.75 Å². The number of carbonyl (C=O) groups is 2. The minimum atomic E-state index is -0.321. The van der Waals surface area contributed by atoms with Crippen LogP contribution in [0, 0.1) is 11.7 Å². The van der Waals surface area contributed by atoms with Gasteiger partial charge in [0.2, 0.25) is 5.91 Å². The number of carbonyl (C=O) groups excluding carboxylic acids is 2. The van der Waals surface area contributed by atoms with Gasteiger partial charge >= 0.3 is 6.03 Å². The van der Waals surface area contributed by atoms with Crippen molar-refractivity contribution >= 4 is 23.3 Å². The van der Waals surface area contributed by atoms with E-state index in [2.05, 4.69) is 5.32 Å². The van der Waals surface area contributed by atoms with E-state index < -0.39 is 0 Å². The lowest BCUT2D eigenvalue weighted by atomic mass is 10.0. The molecule has 0 radical (unpaired) electrons. The molecule has 0 fully saturated rings. The van der Waals surface area contributed by atoms with Gasteiger partial charge in [0.25, 0.3) is 0 Å². The highest BCUT2D eigenvalue weighted by molar-refractivity contribution is 7.10. The van der Waals surface area contributed by atoms with Gasteiger partial charge in [0, 0.05) is 24.5 Å². The molecule has 1 aliphatic heterocycles. The lowest BCUT2D eigenvalue weighted by Gasteiger charge is -2.37. The van der Waals surface area contributed by atoms with E-state index in [0.29, 0.717) is 25.4 Å². The van der Waals surface area contributed by atoms with Gasteiger partial charge in [-0.2, -0.15) is 0 Å². The number of halogens is 1. The Labute approximate surface area is 193 Å². The Morgan fingerprint density at radius 2 is 2.03 bits per heavy atom. The fraction of sp³-hybridized carbons (Fsp3) is 0.500. The van der Waals surface area contributed by atoms with Gasteiger partial charge in [0.1, 0.15) is 24.7 Å². The van der Waals surface area contributed by atoms with E-state index in [0.717, 1.165) is 18.4 Å². The zero-order valence-electron chi connectivity index (χ0n) is 19.0. The Bertz CT molecular complexity index is 900. The van der Waals surface area contributed by atoms with E-state index in [9.17, 15) is 14.0 Å². The summed E-state index contributed by atoms with van der Waals surface area (Å²) in [6.07, 6.45) is 1.63. The summed E-state index contributed by atoms with van der Waals surface area (Å²) in [6, 6.07) is 7.46. The molecule has 8 heteroatoms. The van der Waals surface area contributed by atoms with Gasteiger partial charge in [-0.15, -0.1) is 11.3 Å². The predicted octanol–water partition coefficient (Wildman–Crippen LogP) is 4.47. The zero-order chi connectivity index (χ0) is 23.1. The normalized spacial score (nSPS) is 15.4. The Morgan fingerprint density at radius 3 is 2.72 bits per heavy atom. The van der Waals surface area contributed by atoms with Crippen LogP contribution < -0.4 is 10.1 Å². The average molecular weight is 462 g/mol. The molecular weight excluding hydrogens is 429 g/mol. The number of amides is 3. The Kier molecular flexibility index (Phi) is 8.50. The van der Waals surface area contributed by atoms with E-state index in [4.69, 9.17) is 4.74 Å². The van der Waals surface area contributed by atoms with Crippen molar-refractivity contribution in [2.45, 2.75) is 39.7 Å². The summed E-state index contributed by atoms with van der Waals surface area (Å²) in [7, 11) is 0. The van der Waals surface area contributed by atoms with Crippen LogP contribution in [0.4, 0.5) is 9.18 Å². The highest BCUT2D eigenvalue weighted by Crippen LogP contribution is 2.34. The van der Waals surface area contributed by atoms with Crippen LogP contribution in [0.1, 0.15) is 43.7 Å². The molecule has 6 nitrogen and oxygen atoms in total. The molecular formula is C24H32FN3O3S. The van der Waals surface area contributed by atoms with E-state index in [1.54, 1.807) is 28.4 Å². The summed E-state index contributed by atoms with van der Waals surface area (Å²) in [4.78, 5) is 30.7. The summed E-state index contributed by atoms with van der Waals surface area (Å²) < 4.78 is 19.1. The first kappa shape index (κ1) is 24.0. The Morgan fingerprint density at radius 1 is 1.28 bits per heavy atom. The number of urea groups is 1. The van der Waals surface area contributed by atoms with Crippen LogP contribution in [-0.4, -0.2) is 54.5 Å². The molecule has 3 amide bonds. The van der Waals surface area contributed by atoms with Crippen molar-refractivity contribution in [3.05, 3.63) is 52.0 Å². The fourth-order valence-corrected chi connectivity index (χ4v) is 4.77. The molecule has 1 aromatic heterocycles. The first-order valence-electron chi connectivity index (χ1n) is 11.2. The minimum absolute atomic E-state index is 0.0280. The van der Waals surface area contributed by atoms with Crippen molar-refractivity contribution < 1.29 is 18.7 Å². The van der Waals surface area contributed by atoms with Crippen LogP contribution in [0.2, 0.25) is 0 Å². The molecule has 32 heavy (non-hydrogen) atoms.